The Bertz CT molecular complexity index is 522. The Morgan fingerprint density at radius 3 is 2.65 bits per heavy atom. The van der Waals surface area contributed by atoms with Crippen molar-refractivity contribution in [2.75, 3.05) is 0 Å². The Balaban J connectivity index is 2.36. The van der Waals surface area contributed by atoms with Crippen molar-refractivity contribution in [1.29, 1.82) is 0 Å². The van der Waals surface area contributed by atoms with Crippen molar-refractivity contribution in [3.63, 3.8) is 0 Å². The van der Waals surface area contributed by atoms with Crippen molar-refractivity contribution < 1.29 is 0 Å². The number of benzene rings is 1. The predicted octanol–water partition coefficient (Wildman–Crippen LogP) is 3.87. The maximum absolute atomic E-state index is 6.07. The van der Waals surface area contributed by atoms with Gasteiger partial charge in [-0.25, -0.2) is 0 Å². The summed E-state index contributed by atoms with van der Waals surface area (Å²) in [5, 5.41) is 8.47. The number of rotatable bonds is 3. The highest BCUT2D eigenvalue weighted by molar-refractivity contribution is 9.10. The fourth-order valence-corrected chi connectivity index (χ4v) is 2.26. The van der Waals surface area contributed by atoms with Gasteiger partial charge in [-0.3, -0.25) is 4.57 Å². The van der Waals surface area contributed by atoms with Gasteiger partial charge in [0.15, 0.2) is 0 Å². The number of nitrogens with zero attached hydrogens (tertiary/aromatic N) is 3. The molecule has 17 heavy (non-hydrogen) atoms. The maximum Gasteiger partial charge on any atom is 0.225 e. The molecule has 1 heterocycles. The first kappa shape index (κ1) is 12.6. The fraction of sp³-hybridized carbons (Fsp3) is 0.333. The van der Waals surface area contributed by atoms with Crippen molar-refractivity contribution in [3.8, 4) is 0 Å². The van der Waals surface area contributed by atoms with Crippen LogP contribution in [0.4, 0.5) is 0 Å². The van der Waals surface area contributed by atoms with E-state index in [0.717, 1.165) is 15.9 Å². The largest absolute Gasteiger partial charge is 0.297 e. The van der Waals surface area contributed by atoms with Crippen LogP contribution in [0.3, 0.4) is 0 Å². The lowest BCUT2D eigenvalue weighted by Crippen LogP contribution is -2.07. The first-order valence-electron chi connectivity index (χ1n) is 5.41. The van der Waals surface area contributed by atoms with Crippen LogP contribution >= 0.6 is 27.5 Å². The molecule has 0 aliphatic rings. The minimum absolute atomic E-state index is 0.303. The second-order valence-corrected chi connectivity index (χ2v) is 5.35. The molecule has 2 rings (SSSR count). The molecule has 1 aromatic carbocycles. The van der Waals surface area contributed by atoms with Crippen molar-refractivity contribution in [1.82, 2.24) is 14.8 Å². The molecule has 0 N–H and O–H groups in total. The lowest BCUT2D eigenvalue weighted by Gasteiger charge is -2.11. The zero-order valence-electron chi connectivity index (χ0n) is 9.69. The molecule has 0 bridgehead atoms. The average molecular weight is 315 g/mol. The van der Waals surface area contributed by atoms with Crippen LogP contribution in [-0.4, -0.2) is 14.8 Å². The van der Waals surface area contributed by atoms with E-state index >= 15 is 0 Å². The Hall–Kier alpha value is -0.870. The van der Waals surface area contributed by atoms with E-state index in [1.807, 2.05) is 22.8 Å². The minimum Gasteiger partial charge on any atom is -0.297 e. The highest BCUT2D eigenvalue weighted by atomic mass is 79.9. The second kappa shape index (κ2) is 5.19. The van der Waals surface area contributed by atoms with Crippen LogP contribution in [0, 0.1) is 0 Å². The molecule has 1 aromatic heterocycles. The highest BCUT2D eigenvalue weighted by Gasteiger charge is 2.14. The van der Waals surface area contributed by atoms with Gasteiger partial charge >= 0.3 is 0 Å². The van der Waals surface area contributed by atoms with Crippen molar-refractivity contribution >= 4 is 27.5 Å². The summed E-state index contributed by atoms with van der Waals surface area (Å²) < 4.78 is 3.01. The third-order valence-corrected chi connectivity index (χ3v) is 3.59. The molecule has 5 heteroatoms. The summed E-state index contributed by atoms with van der Waals surface area (Å²) in [6, 6.07) is 8.07. The molecule has 0 fully saturated rings. The van der Waals surface area contributed by atoms with Gasteiger partial charge in [-0.2, -0.15) is 0 Å². The van der Waals surface area contributed by atoms with Crippen molar-refractivity contribution in [2.45, 2.75) is 26.3 Å². The van der Waals surface area contributed by atoms with Gasteiger partial charge in [-0.15, -0.1) is 10.2 Å². The summed E-state index contributed by atoms with van der Waals surface area (Å²) in [6.45, 7) is 4.84. The number of aromatic nitrogens is 3. The number of halogens is 2. The minimum atomic E-state index is 0.303. The first-order chi connectivity index (χ1) is 8.09. The Morgan fingerprint density at radius 1 is 1.29 bits per heavy atom. The van der Waals surface area contributed by atoms with E-state index in [2.05, 4.69) is 46.0 Å². The Morgan fingerprint density at radius 2 is 2.00 bits per heavy atom. The molecule has 0 saturated heterocycles. The van der Waals surface area contributed by atoms with Crippen LogP contribution < -0.4 is 0 Å². The van der Waals surface area contributed by atoms with Crippen LogP contribution in [0.2, 0.25) is 5.28 Å². The van der Waals surface area contributed by atoms with E-state index in [-0.39, 0.29) is 0 Å². The molecule has 90 valence electrons. The van der Waals surface area contributed by atoms with Gasteiger partial charge in [0.2, 0.25) is 5.28 Å². The molecule has 0 saturated carbocycles. The summed E-state index contributed by atoms with van der Waals surface area (Å²) in [5.74, 6) is 1.21. The maximum atomic E-state index is 6.07. The zero-order chi connectivity index (χ0) is 12.4. The lowest BCUT2D eigenvalue weighted by molar-refractivity contribution is 0.668. The molecule has 0 spiro atoms. The normalized spacial score (nSPS) is 11.1. The van der Waals surface area contributed by atoms with Crippen LogP contribution in [0.5, 0.6) is 0 Å². The molecule has 0 atom stereocenters. The fourth-order valence-electron chi connectivity index (χ4n) is 1.67. The van der Waals surface area contributed by atoms with Gasteiger partial charge < -0.3 is 0 Å². The topological polar surface area (TPSA) is 30.7 Å². The van der Waals surface area contributed by atoms with Gasteiger partial charge in [0, 0.05) is 10.4 Å². The van der Waals surface area contributed by atoms with E-state index in [9.17, 15) is 0 Å². The molecule has 0 amide bonds. The van der Waals surface area contributed by atoms with E-state index in [1.54, 1.807) is 0 Å². The summed E-state index contributed by atoms with van der Waals surface area (Å²) in [6.07, 6.45) is 0. The van der Waals surface area contributed by atoms with Gasteiger partial charge in [-0.05, 0) is 23.2 Å². The summed E-state index contributed by atoms with van der Waals surface area (Å²) in [5.41, 5.74) is 1.16. The SMILES string of the molecule is CC(C)c1nnc(Cl)n1Cc1ccccc1Br. The second-order valence-electron chi connectivity index (χ2n) is 4.16. The van der Waals surface area contributed by atoms with Gasteiger partial charge in [0.25, 0.3) is 0 Å². The third-order valence-electron chi connectivity index (χ3n) is 2.54. The summed E-state index contributed by atoms with van der Waals surface area (Å²) >= 11 is 9.60. The molecular weight excluding hydrogens is 302 g/mol. The first-order valence-corrected chi connectivity index (χ1v) is 6.58. The van der Waals surface area contributed by atoms with Crippen molar-refractivity contribution in [3.05, 3.63) is 45.4 Å². The average Bonchev–Trinajstić information content (AvgIpc) is 2.64. The zero-order valence-corrected chi connectivity index (χ0v) is 12.0. The third kappa shape index (κ3) is 2.69. The standard InChI is InChI=1S/C12H13BrClN3/c1-8(2)11-15-16-12(14)17(11)7-9-5-3-4-6-10(9)13/h3-6,8H,7H2,1-2H3. The van der Waals surface area contributed by atoms with Gasteiger partial charge in [0.1, 0.15) is 5.82 Å². The Labute approximate surface area is 114 Å². The van der Waals surface area contributed by atoms with E-state index < -0.39 is 0 Å². The molecule has 0 aliphatic heterocycles. The summed E-state index contributed by atoms with van der Waals surface area (Å²) in [4.78, 5) is 0. The molecular formula is C12H13BrClN3. The predicted molar refractivity (Wildman–Crippen MR) is 72.4 cm³/mol. The molecule has 2 aromatic rings. The van der Waals surface area contributed by atoms with Crippen molar-refractivity contribution in [2.24, 2.45) is 0 Å². The molecule has 3 nitrogen and oxygen atoms in total. The molecule has 0 radical (unpaired) electrons. The van der Waals surface area contributed by atoms with Crippen LogP contribution in [0.1, 0.15) is 31.2 Å². The Kier molecular flexibility index (Phi) is 3.84. The molecule has 0 unspecified atom stereocenters. The monoisotopic (exact) mass is 313 g/mol. The van der Waals surface area contributed by atoms with Crippen LogP contribution in [-0.2, 0) is 6.54 Å². The number of hydrogen-bond donors (Lipinski definition) is 0. The molecule has 0 aliphatic carbocycles. The van der Waals surface area contributed by atoms with E-state index in [1.165, 1.54) is 0 Å². The summed E-state index contributed by atoms with van der Waals surface area (Å²) in [7, 11) is 0. The van der Waals surface area contributed by atoms with Gasteiger partial charge in [-0.1, -0.05) is 48.0 Å². The van der Waals surface area contributed by atoms with Crippen LogP contribution in [0.25, 0.3) is 0 Å². The smallest absolute Gasteiger partial charge is 0.225 e. The van der Waals surface area contributed by atoms with Gasteiger partial charge in [0.05, 0.1) is 6.54 Å². The van der Waals surface area contributed by atoms with Crippen LogP contribution in [0.15, 0.2) is 28.7 Å². The number of hydrogen-bond acceptors (Lipinski definition) is 2. The highest BCUT2D eigenvalue weighted by Crippen LogP contribution is 2.22. The lowest BCUT2D eigenvalue weighted by atomic mass is 10.2. The quantitative estimate of drug-likeness (QED) is 0.861. The van der Waals surface area contributed by atoms with E-state index in [4.69, 9.17) is 11.6 Å². The van der Waals surface area contributed by atoms with E-state index in [0.29, 0.717) is 17.7 Å².